The van der Waals surface area contributed by atoms with E-state index in [9.17, 15) is 14.0 Å². The Kier molecular flexibility index (Phi) is 4.16. The third-order valence-electron chi connectivity index (χ3n) is 3.41. The van der Waals surface area contributed by atoms with Gasteiger partial charge < -0.3 is 15.4 Å². The van der Waals surface area contributed by atoms with Crippen molar-refractivity contribution < 1.29 is 18.7 Å². The van der Waals surface area contributed by atoms with Crippen molar-refractivity contribution in [2.45, 2.75) is 6.10 Å². The highest BCUT2D eigenvalue weighted by atomic mass is 35.5. The molecule has 1 atom stereocenters. The van der Waals surface area contributed by atoms with Crippen molar-refractivity contribution in [3.05, 3.63) is 64.4 Å². The van der Waals surface area contributed by atoms with Crippen LogP contribution < -0.4 is 10.6 Å². The van der Waals surface area contributed by atoms with Gasteiger partial charge in [0.05, 0.1) is 17.1 Å². The number of carbonyl (C=O) groups is 2. The number of amides is 2. The number of halogens is 2. The molecule has 2 N–H and O–H groups in total. The van der Waals surface area contributed by atoms with Crippen LogP contribution in [0.3, 0.4) is 0 Å². The molecule has 118 valence electrons. The first-order valence-electron chi connectivity index (χ1n) is 6.84. The van der Waals surface area contributed by atoms with E-state index in [1.165, 1.54) is 18.2 Å². The van der Waals surface area contributed by atoms with Gasteiger partial charge in [-0.05, 0) is 29.8 Å². The predicted octanol–water partition coefficient (Wildman–Crippen LogP) is 3.51. The normalized spacial score (nSPS) is 16.6. The maximum Gasteiger partial charge on any atom is 0.407 e. The Morgan fingerprint density at radius 2 is 2.00 bits per heavy atom. The second-order valence-electron chi connectivity index (χ2n) is 4.95. The molecule has 7 heteroatoms. The summed E-state index contributed by atoms with van der Waals surface area (Å²) in [5.41, 5.74) is 1.08. The molecule has 3 rings (SSSR count). The highest BCUT2D eigenvalue weighted by Crippen LogP contribution is 2.24. The number of hydrogen-bond acceptors (Lipinski definition) is 3. The van der Waals surface area contributed by atoms with Gasteiger partial charge in [-0.2, -0.15) is 0 Å². The topological polar surface area (TPSA) is 67.4 Å². The Balaban J connectivity index is 1.73. The third-order valence-corrected chi connectivity index (χ3v) is 3.73. The summed E-state index contributed by atoms with van der Waals surface area (Å²) >= 11 is 5.86. The van der Waals surface area contributed by atoms with E-state index in [-0.39, 0.29) is 16.7 Å². The highest BCUT2D eigenvalue weighted by molar-refractivity contribution is 6.34. The van der Waals surface area contributed by atoms with Gasteiger partial charge >= 0.3 is 6.09 Å². The monoisotopic (exact) mass is 334 g/mol. The number of carbonyl (C=O) groups excluding carboxylic acids is 2. The van der Waals surface area contributed by atoms with Crippen LogP contribution in [0.1, 0.15) is 22.0 Å². The molecule has 23 heavy (non-hydrogen) atoms. The molecule has 5 nitrogen and oxygen atoms in total. The zero-order valence-electron chi connectivity index (χ0n) is 11.8. The molecule has 1 aliphatic rings. The largest absolute Gasteiger partial charge is 0.439 e. The summed E-state index contributed by atoms with van der Waals surface area (Å²) in [6, 6.07) is 10.8. The third kappa shape index (κ3) is 3.27. The second-order valence-corrected chi connectivity index (χ2v) is 5.35. The fourth-order valence-electron chi connectivity index (χ4n) is 2.26. The van der Waals surface area contributed by atoms with Crippen molar-refractivity contribution in [1.82, 2.24) is 5.32 Å². The molecule has 1 heterocycles. The maximum atomic E-state index is 13.7. The summed E-state index contributed by atoms with van der Waals surface area (Å²) in [5, 5.41) is 5.19. The molecule has 0 bridgehead atoms. The van der Waals surface area contributed by atoms with Gasteiger partial charge in [-0.25, -0.2) is 9.18 Å². The minimum absolute atomic E-state index is 0.0445. The molecule has 1 aliphatic heterocycles. The van der Waals surface area contributed by atoms with Gasteiger partial charge in [0.25, 0.3) is 5.91 Å². The number of anilines is 1. The number of alkyl carbamates (subject to hydrolysis) is 1. The first-order valence-corrected chi connectivity index (χ1v) is 7.22. The lowest BCUT2D eigenvalue weighted by Gasteiger charge is -2.10. The van der Waals surface area contributed by atoms with Gasteiger partial charge in [0.2, 0.25) is 0 Å². The van der Waals surface area contributed by atoms with E-state index in [2.05, 4.69) is 10.6 Å². The SMILES string of the molecule is O=C1NCC(c2ccc(NC(=O)c3c(F)cccc3Cl)cc2)O1. The zero-order valence-corrected chi connectivity index (χ0v) is 12.6. The molecule has 1 fully saturated rings. The number of hydrogen-bond donors (Lipinski definition) is 2. The molecule has 1 unspecified atom stereocenters. The zero-order chi connectivity index (χ0) is 16.4. The van der Waals surface area contributed by atoms with Gasteiger partial charge in [-0.3, -0.25) is 4.79 Å². The highest BCUT2D eigenvalue weighted by Gasteiger charge is 2.24. The Morgan fingerprint density at radius 1 is 1.26 bits per heavy atom. The van der Waals surface area contributed by atoms with Crippen LogP contribution in [0.5, 0.6) is 0 Å². The average molecular weight is 335 g/mol. The molecule has 0 aliphatic carbocycles. The number of cyclic esters (lactones) is 1. The van der Waals surface area contributed by atoms with E-state index >= 15 is 0 Å². The first kappa shape index (κ1) is 15.3. The fourth-order valence-corrected chi connectivity index (χ4v) is 2.51. The number of ether oxygens (including phenoxy) is 1. The molecular weight excluding hydrogens is 323 g/mol. The number of rotatable bonds is 3. The fraction of sp³-hybridized carbons (Fsp3) is 0.125. The smallest absolute Gasteiger partial charge is 0.407 e. The van der Waals surface area contributed by atoms with Crippen molar-refractivity contribution in [3.8, 4) is 0 Å². The second kappa shape index (κ2) is 6.26. The minimum Gasteiger partial charge on any atom is -0.439 e. The van der Waals surface area contributed by atoms with Crippen LogP contribution >= 0.6 is 11.6 Å². The molecule has 0 radical (unpaired) electrons. The summed E-state index contributed by atoms with van der Waals surface area (Å²) in [5.74, 6) is -1.31. The van der Waals surface area contributed by atoms with Crippen LogP contribution in [0.4, 0.5) is 14.9 Å². The Morgan fingerprint density at radius 3 is 2.61 bits per heavy atom. The van der Waals surface area contributed by atoms with Crippen LogP contribution in [0.15, 0.2) is 42.5 Å². The lowest BCUT2D eigenvalue weighted by Crippen LogP contribution is -2.14. The molecule has 2 aromatic rings. The molecule has 2 aromatic carbocycles. The van der Waals surface area contributed by atoms with E-state index in [0.29, 0.717) is 12.2 Å². The lowest BCUT2D eigenvalue weighted by molar-refractivity contribution is 0.102. The number of nitrogens with one attached hydrogen (secondary N) is 2. The van der Waals surface area contributed by atoms with Crippen molar-refractivity contribution >= 4 is 29.3 Å². The van der Waals surface area contributed by atoms with Crippen LogP contribution in [0.2, 0.25) is 5.02 Å². The molecule has 0 aromatic heterocycles. The van der Waals surface area contributed by atoms with Gasteiger partial charge in [-0.15, -0.1) is 0 Å². The van der Waals surface area contributed by atoms with Crippen molar-refractivity contribution in [1.29, 1.82) is 0 Å². The maximum absolute atomic E-state index is 13.7. The molecule has 2 amide bonds. The lowest BCUT2D eigenvalue weighted by atomic mass is 10.1. The van der Waals surface area contributed by atoms with Gasteiger partial charge in [0.1, 0.15) is 11.9 Å². The first-order chi connectivity index (χ1) is 11.0. The Labute approximate surface area is 136 Å². The Bertz CT molecular complexity index is 744. The summed E-state index contributed by atoms with van der Waals surface area (Å²) in [6.07, 6.45) is -0.810. The van der Waals surface area contributed by atoms with Gasteiger partial charge in [0.15, 0.2) is 0 Å². The van der Waals surface area contributed by atoms with E-state index in [1.54, 1.807) is 24.3 Å². The van der Waals surface area contributed by atoms with Crippen molar-refractivity contribution in [2.24, 2.45) is 0 Å². The molecule has 0 spiro atoms. The molecule has 0 saturated carbocycles. The van der Waals surface area contributed by atoms with Crippen LogP contribution in [-0.4, -0.2) is 18.5 Å². The van der Waals surface area contributed by atoms with Crippen molar-refractivity contribution in [2.75, 3.05) is 11.9 Å². The Hall–Kier alpha value is -2.60. The van der Waals surface area contributed by atoms with E-state index in [0.717, 1.165) is 5.56 Å². The van der Waals surface area contributed by atoms with Gasteiger partial charge in [-0.1, -0.05) is 29.8 Å². The van der Waals surface area contributed by atoms with E-state index < -0.39 is 17.8 Å². The molecular formula is C16H12ClFN2O3. The van der Waals surface area contributed by atoms with E-state index in [4.69, 9.17) is 16.3 Å². The average Bonchev–Trinajstić information content (AvgIpc) is 2.94. The quantitative estimate of drug-likeness (QED) is 0.902. The van der Waals surface area contributed by atoms with Crippen LogP contribution in [-0.2, 0) is 4.74 Å². The van der Waals surface area contributed by atoms with Gasteiger partial charge in [0, 0.05) is 5.69 Å². The van der Waals surface area contributed by atoms with Crippen LogP contribution in [0.25, 0.3) is 0 Å². The summed E-state index contributed by atoms with van der Waals surface area (Å²) in [7, 11) is 0. The standard InChI is InChI=1S/C16H12ClFN2O3/c17-11-2-1-3-12(18)14(11)15(21)20-10-6-4-9(5-7-10)13-8-19-16(22)23-13/h1-7,13H,8H2,(H,19,22)(H,20,21). The molecule has 1 saturated heterocycles. The van der Waals surface area contributed by atoms with Crippen LogP contribution in [0, 0.1) is 5.82 Å². The predicted molar refractivity (Wildman–Crippen MR) is 83.0 cm³/mol. The summed E-state index contributed by atoms with van der Waals surface area (Å²) < 4.78 is 18.8. The van der Waals surface area contributed by atoms with E-state index in [1.807, 2.05) is 0 Å². The summed E-state index contributed by atoms with van der Waals surface area (Å²) in [6.45, 7) is 0.398. The number of benzene rings is 2. The minimum atomic E-state index is -0.685. The summed E-state index contributed by atoms with van der Waals surface area (Å²) in [4.78, 5) is 23.1. The van der Waals surface area contributed by atoms with Crippen molar-refractivity contribution in [3.63, 3.8) is 0 Å².